The number of amides is 1. The molecule has 3 N–H and O–H groups in total. The molecule has 0 saturated heterocycles. The Balaban J connectivity index is 3.46. The predicted octanol–water partition coefficient (Wildman–Crippen LogP) is 13.8. The standard InChI is InChI=1S/C48H93NO5/c1-3-5-7-9-11-13-15-16-17-18-19-20-21-22-26-30-34-38-42-48(53)54-43-39-35-31-27-23-25-29-33-37-41-47(52)49-45(44-50)46(51)40-36-32-28-24-14-12-10-8-6-4-2/h17-18,45-46,50-51H,3-16,19-44H2,1-2H3,(H,49,52)/b18-17-. The van der Waals surface area contributed by atoms with Crippen LogP contribution in [0.5, 0.6) is 0 Å². The van der Waals surface area contributed by atoms with Gasteiger partial charge < -0.3 is 20.3 Å². The van der Waals surface area contributed by atoms with E-state index >= 15 is 0 Å². The summed E-state index contributed by atoms with van der Waals surface area (Å²) in [6, 6.07) is -0.559. The smallest absolute Gasteiger partial charge is 0.305 e. The van der Waals surface area contributed by atoms with Crippen LogP contribution >= 0.6 is 0 Å². The molecule has 0 fully saturated rings. The Hall–Kier alpha value is -1.40. The molecule has 6 nitrogen and oxygen atoms in total. The van der Waals surface area contributed by atoms with Gasteiger partial charge in [-0.2, -0.15) is 0 Å². The Morgan fingerprint density at radius 1 is 0.500 bits per heavy atom. The second-order valence-electron chi connectivity index (χ2n) is 16.4. The summed E-state index contributed by atoms with van der Waals surface area (Å²) in [5, 5.41) is 23.0. The molecular formula is C48H93NO5. The number of aliphatic hydroxyl groups excluding tert-OH is 2. The van der Waals surface area contributed by atoms with Crippen LogP contribution < -0.4 is 5.32 Å². The van der Waals surface area contributed by atoms with Crippen molar-refractivity contribution in [2.45, 2.75) is 270 Å². The summed E-state index contributed by atoms with van der Waals surface area (Å²) in [7, 11) is 0. The van der Waals surface area contributed by atoms with Gasteiger partial charge in [-0.25, -0.2) is 0 Å². The fourth-order valence-corrected chi connectivity index (χ4v) is 7.34. The van der Waals surface area contributed by atoms with Crippen molar-refractivity contribution in [1.29, 1.82) is 0 Å². The number of unbranched alkanes of at least 4 members (excludes halogenated alkanes) is 31. The third kappa shape index (κ3) is 40.3. The van der Waals surface area contributed by atoms with Crippen LogP contribution in [0.3, 0.4) is 0 Å². The number of hydrogen-bond donors (Lipinski definition) is 3. The van der Waals surface area contributed by atoms with E-state index in [1.165, 1.54) is 167 Å². The van der Waals surface area contributed by atoms with E-state index in [-0.39, 0.29) is 18.5 Å². The van der Waals surface area contributed by atoms with Gasteiger partial charge in [-0.1, -0.05) is 206 Å². The van der Waals surface area contributed by atoms with E-state index in [0.717, 1.165) is 57.8 Å². The number of allylic oxidation sites excluding steroid dienone is 2. The lowest BCUT2D eigenvalue weighted by Gasteiger charge is -2.22. The highest BCUT2D eigenvalue weighted by Crippen LogP contribution is 2.15. The van der Waals surface area contributed by atoms with Gasteiger partial charge in [0, 0.05) is 12.8 Å². The maximum atomic E-state index is 12.4. The molecule has 0 aromatic carbocycles. The molecule has 0 aliphatic carbocycles. The van der Waals surface area contributed by atoms with Gasteiger partial charge in [0.1, 0.15) is 0 Å². The first-order chi connectivity index (χ1) is 26.5. The van der Waals surface area contributed by atoms with E-state index < -0.39 is 12.1 Å². The van der Waals surface area contributed by atoms with Crippen molar-refractivity contribution in [2.75, 3.05) is 13.2 Å². The Morgan fingerprint density at radius 2 is 0.870 bits per heavy atom. The highest BCUT2D eigenvalue weighted by molar-refractivity contribution is 5.76. The zero-order chi connectivity index (χ0) is 39.4. The van der Waals surface area contributed by atoms with E-state index in [1.54, 1.807) is 0 Å². The summed E-state index contributed by atoms with van der Waals surface area (Å²) in [4.78, 5) is 24.4. The average molecular weight is 764 g/mol. The lowest BCUT2D eigenvalue weighted by molar-refractivity contribution is -0.143. The molecule has 0 spiro atoms. The molecule has 0 aliphatic rings. The van der Waals surface area contributed by atoms with Crippen LogP contribution in [-0.2, 0) is 14.3 Å². The number of ether oxygens (including phenoxy) is 1. The number of nitrogens with one attached hydrogen (secondary N) is 1. The summed E-state index contributed by atoms with van der Waals surface area (Å²) in [6.45, 7) is 4.87. The minimum absolute atomic E-state index is 0.0284. The van der Waals surface area contributed by atoms with Crippen LogP contribution in [0.15, 0.2) is 12.2 Å². The molecule has 6 heteroatoms. The normalized spacial score (nSPS) is 12.7. The maximum absolute atomic E-state index is 12.4. The summed E-state index contributed by atoms with van der Waals surface area (Å²) >= 11 is 0. The number of carbonyl (C=O) groups excluding carboxylic acids is 2. The molecule has 0 bridgehead atoms. The number of rotatable bonds is 44. The molecular weight excluding hydrogens is 671 g/mol. The zero-order valence-corrected chi connectivity index (χ0v) is 36.2. The first-order valence-electron chi connectivity index (χ1n) is 23.9. The van der Waals surface area contributed by atoms with Crippen molar-refractivity contribution in [1.82, 2.24) is 5.32 Å². The van der Waals surface area contributed by atoms with Gasteiger partial charge in [0.15, 0.2) is 0 Å². The van der Waals surface area contributed by atoms with Crippen molar-refractivity contribution in [3.63, 3.8) is 0 Å². The van der Waals surface area contributed by atoms with Gasteiger partial charge in [0.25, 0.3) is 0 Å². The second-order valence-corrected chi connectivity index (χ2v) is 16.4. The fraction of sp³-hybridized carbons (Fsp3) is 0.917. The minimum atomic E-state index is -0.679. The van der Waals surface area contributed by atoms with E-state index in [0.29, 0.717) is 25.9 Å². The van der Waals surface area contributed by atoms with Crippen LogP contribution in [0.2, 0.25) is 0 Å². The maximum Gasteiger partial charge on any atom is 0.305 e. The summed E-state index contributed by atoms with van der Waals surface area (Å²) < 4.78 is 5.45. The Kier molecular flexibility index (Phi) is 43.2. The van der Waals surface area contributed by atoms with E-state index in [4.69, 9.17) is 4.74 Å². The minimum Gasteiger partial charge on any atom is -0.466 e. The van der Waals surface area contributed by atoms with Crippen molar-refractivity contribution < 1.29 is 24.5 Å². The van der Waals surface area contributed by atoms with Crippen LogP contribution in [0.1, 0.15) is 258 Å². The van der Waals surface area contributed by atoms with Crippen molar-refractivity contribution in [2.24, 2.45) is 0 Å². The molecule has 1 amide bonds. The zero-order valence-electron chi connectivity index (χ0n) is 36.2. The molecule has 0 aromatic rings. The number of esters is 1. The molecule has 0 heterocycles. The first-order valence-corrected chi connectivity index (χ1v) is 23.9. The Bertz CT molecular complexity index is 802. The number of aliphatic hydroxyl groups is 2. The van der Waals surface area contributed by atoms with Gasteiger partial charge in [0.05, 0.1) is 25.4 Å². The number of carbonyl (C=O) groups is 2. The Labute approximate surface area is 336 Å². The fourth-order valence-electron chi connectivity index (χ4n) is 7.34. The number of hydrogen-bond acceptors (Lipinski definition) is 5. The lowest BCUT2D eigenvalue weighted by atomic mass is 10.0. The van der Waals surface area contributed by atoms with Crippen LogP contribution in [0, 0.1) is 0 Å². The highest BCUT2D eigenvalue weighted by atomic mass is 16.5. The third-order valence-electron chi connectivity index (χ3n) is 11.1. The quantitative estimate of drug-likeness (QED) is 0.0326. The molecule has 0 aliphatic heterocycles. The summed E-state index contributed by atoms with van der Waals surface area (Å²) in [5.74, 6) is -0.0927. The van der Waals surface area contributed by atoms with Gasteiger partial charge in [0.2, 0.25) is 5.91 Å². The van der Waals surface area contributed by atoms with Crippen LogP contribution in [0.4, 0.5) is 0 Å². The second kappa shape index (κ2) is 44.3. The SMILES string of the molecule is CCCCCCCCC/C=C\CCCCCCCCCC(=O)OCCCCCCCCCCCC(=O)NC(CO)C(O)CCCCCCCCCCCC. The predicted molar refractivity (Wildman–Crippen MR) is 232 cm³/mol. The first kappa shape index (κ1) is 52.6. The van der Waals surface area contributed by atoms with Crippen LogP contribution in [-0.4, -0.2) is 47.4 Å². The van der Waals surface area contributed by atoms with Crippen molar-refractivity contribution in [3.05, 3.63) is 12.2 Å². The van der Waals surface area contributed by atoms with E-state index in [9.17, 15) is 19.8 Å². The molecule has 0 aromatic heterocycles. The molecule has 54 heavy (non-hydrogen) atoms. The van der Waals surface area contributed by atoms with E-state index in [2.05, 4.69) is 31.3 Å². The lowest BCUT2D eigenvalue weighted by Crippen LogP contribution is -2.45. The van der Waals surface area contributed by atoms with Crippen molar-refractivity contribution >= 4 is 11.9 Å². The van der Waals surface area contributed by atoms with Gasteiger partial charge in [-0.05, 0) is 51.4 Å². The third-order valence-corrected chi connectivity index (χ3v) is 11.1. The summed E-state index contributed by atoms with van der Waals surface area (Å²) in [6.07, 6.45) is 48.9. The topological polar surface area (TPSA) is 95.9 Å². The molecule has 0 radical (unpaired) electrons. The molecule has 320 valence electrons. The average Bonchev–Trinajstić information content (AvgIpc) is 3.17. The van der Waals surface area contributed by atoms with Crippen molar-refractivity contribution in [3.8, 4) is 0 Å². The summed E-state index contributed by atoms with van der Waals surface area (Å²) in [5.41, 5.74) is 0. The van der Waals surface area contributed by atoms with Crippen LogP contribution in [0.25, 0.3) is 0 Å². The Morgan fingerprint density at radius 3 is 1.31 bits per heavy atom. The van der Waals surface area contributed by atoms with Gasteiger partial charge in [-0.15, -0.1) is 0 Å². The van der Waals surface area contributed by atoms with E-state index in [1.807, 2.05) is 0 Å². The molecule has 0 rings (SSSR count). The monoisotopic (exact) mass is 764 g/mol. The molecule has 2 atom stereocenters. The van der Waals surface area contributed by atoms with Gasteiger partial charge >= 0.3 is 5.97 Å². The largest absolute Gasteiger partial charge is 0.466 e. The molecule has 2 unspecified atom stereocenters. The molecule has 0 saturated carbocycles. The highest BCUT2D eigenvalue weighted by Gasteiger charge is 2.20. The van der Waals surface area contributed by atoms with Gasteiger partial charge in [-0.3, -0.25) is 9.59 Å².